The Morgan fingerprint density at radius 2 is 2.21 bits per heavy atom. The number of aldehydes is 1. The highest BCUT2D eigenvalue weighted by atomic mass is 79.9. The predicted molar refractivity (Wildman–Crippen MR) is 59.8 cm³/mol. The summed E-state index contributed by atoms with van der Waals surface area (Å²) in [6.07, 6.45) is 2.23. The van der Waals surface area contributed by atoms with Crippen LogP contribution in [-0.2, 0) is 11.2 Å². The summed E-state index contributed by atoms with van der Waals surface area (Å²) in [6, 6.07) is 3.93. The van der Waals surface area contributed by atoms with Crippen molar-refractivity contribution >= 4 is 22.2 Å². The van der Waals surface area contributed by atoms with E-state index in [0.717, 1.165) is 34.1 Å². The van der Waals surface area contributed by atoms with Crippen LogP contribution in [0.1, 0.15) is 17.5 Å². The molecule has 0 fully saturated rings. The van der Waals surface area contributed by atoms with Crippen molar-refractivity contribution in [1.82, 2.24) is 0 Å². The molecule has 0 aromatic heterocycles. The van der Waals surface area contributed by atoms with E-state index in [2.05, 4.69) is 15.9 Å². The van der Waals surface area contributed by atoms with Crippen molar-refractivity contribution in [2.75, 3.05) is 7.11 Å². The molecule has 0 radical (unpaired) electrons. The van der Waals surface area contributed by atoms with Gasteiger partial charge in [0.15, 0.2) is 0 Å². The number of rotatable bonds is 4. The van der Waals surface area contributed by atoms with Crippen LogP contribution in [0.25, 0.3) is 0 Å². The van der Waals surface area contributed by atoms with Gasteiger partial charge in [0, 0.05) is 10.9 Å². The highest BCUT2D eigenvalue weighted by Gasteiger charge is 2.05. The quantitative estimate of drug-likeness (QED) is 0.775. The predicted octanol–water partition coefficient (Wildman–Crippen LogP) is 2.90. The number of methoxy groups -OCH3 is 1. The van der Waals surface area contributed by atoms with E-state index in [1.165, 1.54) is 0 Å². The molecule has 0 aliphatic carbocycles. The van der Waals surface area contributed by atoms with E-state index < -0.39 is 0 Å². The van der Waals surface area contributed by atoms with E-state index >= 15 is 0 Å². The lowest BCUT2D eigenvalue weighted by Gasteiger charge is -2.09. The summed E-state index contributed by atoms with van der Waals surface area (Å²) in [7, 11) is 1.65. The van der Waals surface area contributed by atoms with E-state index in [-0.39, 0.29) is 0 Å². The number of hydrogen-bond donors (Lipinski definition) is 0. The maximum absolute atomic E-state index is 10.3. The fraction of sp³-hybridized carbons (Fsp3) is 0.364. The highest BCUT2D eigenvalue weighted by molar-refractivity contribution is 9.10. The van der Waals surface area contributed by atoms with Gasteiger partial charge in [-0.3, -0.25) is 0 Å². The third-order valence-corrected chi connectivity index (χ3v) is 3.21. The number of ether oxygens (including phenoxy) is 1. The van der Waals surface area contributed by atoms with Gasteiger partial charge < -0.3 is 9.53 Å². The average Bonchev–Trinajstić information content (AvgIpc) is 2.20. The molecular weight excluding hydrogens is 244 g/mol. The van der Waals surface area contributed by atoms with Crippen molar-refractivity contribution in [3.63, 3.8) is 0 Å². The van der Waals surface area contributed by atoms with Crippen molar-refractivity contribution in [1.29, 1.82) is 0 Å². The lowest BCUT2D eigenvalue weighted by Crippen LogP contribution is -1.93. The monoisotopic (exact) mass is 256 g/mol. The average molecular weight is 257 g/mol. The molecule has 0 N–H and O–H groups in total. The maximum atomic E-state index is 10.3. The Kier molecular flexibility index (Phi) is 4.14. The molecule has 0 atom stereocenters. The van der Waals surface area contributed by atoms with Crippen LogP contribution in [0, 0.1) is 6.92 Å². The lowest BCUT2D eigenvalue weighted by atomic mass is 10.1. The number of benzene rings is 1. The third kappa shape index (κ3) is 2.58. The summed E-state index contributed by atoms with van der Waals surface area (Å²) in [6.45, 7) is 2.01. The molecule has 76 valence electrons. The van der Waals surface area contributed by atoms with Crippen molar-refractivity contribution in [3.05, 3.63) is 27.7 Å². The van der Waals surface area contributed by atoms with Gasteiger partial charge in [-0.05, 0) is 36.6 Å². The molecule has 0 saturated heterocycles. The molecule has 2 nitrogen and oxygen atoms in total. The van der Waals surface area contributed by atoms with Crippen LogP contribution in [0.15, 0.2) is 16.6 Å². The standard InChI is InChI=1S/C11H13BrO2/c1-8-6-10(14-2)7-9(11(8)12)4-3-5-13/h5-7H,3-4H2,1-2H3. The van der Waals surface area contributed by atoms with Crippen LogP contribution in [0.2, 0.25) is 0 Å². The number of hydrogen-bond acceptors (Lipinski definition) is 2. The first-order valence-corrected chi connectivity index (χ1v) is 5.25. The summed E-state index contributed by atoms with van der Waals surface area (Å²) in [5.41, 5.74) is 2.25. The Morgan fingerprint density at radius 3 is 2.79 bits per heavy atom. The van der Waals surface area contributed by atoms with Gasteiger partial charge in [0.05, 0.1) is 7.11 Å². The van der Waals surface area contributed by atoms with Gasteiger partial charge in [-0.15, -0.1) is 0 Å². The molecule has 0 amide bonds. The Hall–Kier alpha value is -0.830. The molecule has 1 rings (SSSR count). The smallest absolute Gasteiger partial charge is 0.120 e. The second-order valence-corrected chi connectivity index (χ2v) is 3.92. The van der Waals surface area contributed by atoms with E-state index in [4.69, 9.17) is 4.74 Å². The minimum absolute atomic E-state index is 0.547. The zero-order valence-corrected chi connectivity index (χ0v) is 9.93. The Balaban J connectivity index is 3.00. The second kappa shape index (κ2) is 5.15. The van der Waals surface area contributed by atoms with E-state index in [1.54, 1.807) is 7.11 Å². The van der Waals surface area contributed by atoms with Crippen molar-refractivity contribution < 1.29 is 9.53 Å². The first-order chi connectivity index (χ1) is 6.69. The van der Waals surface area contributed by atoms with Crippen molar-refractivity contribution in [2.45, 2.75) is 19.8 Å². The van der Waals surface area contributed by atoms with Crippen LogP contribution >= 0.6 is 15.9 Å². The lowest BCUT2D eigenvalue weighted by molar-refractivity contribution is -0.107. The number of aryl methyl sites for hydroxylation is 2. The third-order valence-electron chi connectivity index (χ3n) is 2.07. The zero-order chi connectivity index (χ0) is 10.6. The van der Waals surface area contributed by atoms with Crippen LogP contribution in [-0.4, -0.2) is 13.4 Å². The molecule has 0 aliphatic rings. The minimum atomic E-state index is 0.547. The molecule has 14 heavy (non-hydrogen) atoms. The molecule has 1 aromatic rings. The Morgan fingerprint density at radius 1 is 1.50 bits per heavy atom. The Bertz CT molecular complexity index is 334. The second-order valence-electron chi connectivity index (χ2n) is 3.12. The SMILES string of the molecule is COc1cc(C)c(Br)c(CCC=O)c1. The number of carbonyl (C=O) groups is 1. The molecule has 0 saturated carbocycles. The fourth-order valence-electron chi connectivity index (χ4n) is 1.32. The summed E-state index contributed by atoms with van der Waals surface area (Å²) in [5.74, 6) is 0.839. The topological polar surface area (TPSA) is 26.3 Å². The Labute approximate surface area is 92.4 Å². The van der Waals surface area contributed by atoms with Crippen LogP contribution < -0.4 is 4.74 Å². The highest BCUT2D eigenvalue weighted by Crippen LogP contribution is 2.27. The molecule has 1 aromatic carbocycles. The summed E-state index contributed by atoms with van der Waals surface area (Å²) >= 11 is 3.50. The summed E-state index contributed by atoms with van der Waals surface area (Å²) < 4.78 is 6.23. The maximum Gasteiger partial charge on any atom is 0.120 e. The molecule has 0 spiro atoms. The van der Waals surface area contributed by atoms with Gasteiger partial charge in [-0.1, -0.05) is 15.9 Å². The van der Waals surface area contributed by atoms with Gasteiger partial charge in [0.25, 0.3) is 0 Å². The van der Waals surface area contributed by atoms with E-state index in [1.807, 2.05) is 19.1 Å². The number of halogens is 1. The fourth-order valence-corrected chi connectivity index (χ4v) is 1.75. The van der Waals surface area contributed by atoms with Gasteiger partial charge in [-0.25, -0.2) is 0 Å². The van der Waals surface area contributed by atoms with Crippen LogP contribution in [0.4, 0.5) is 0 Å². The summed E-state index contributed by atoms with van der Waals surface area (Å²) in [5, 5.41) is 0. The largest absolute Gasteiger partial charge is 0.497 e. The van der Waals surface area contributed by atoms with E-state index in [9.17, 15) is 4.79 Å². The van der Waals surface area contributed by atoms with Crippen LogP contribution in [0.3, 0.4) is 0 Å². The first-order valence-electron chi connectivity index (χ1n) is 4.45. The molecular formula is C11H13BrO2. The van der Waals surface area contributed by atoms with E-state index in [0.29, 0.717) is 6.42 Å². The normalized spacial score (nSPS) is 9.93. The molecule has 3 heteroatoms. The minimum Gasteiger partial charge on any atom is -0.497 e. The zero-order valence-electron chi connectivity index (χ0n) is 8.34. The molecule has 0 aliphatic heterocycles. The van der Waals surface area contributed by atoms with Crippen molar-refractivity contribution in [2.24, 2.45) is 0 Å². The van der Waals surface area contributed by atoms with Gasteiger partial charge in [0.1, 0.15) is 12.0 Å². The van der Waals surface area contributed by atoms with Gasteiger partial charge in [0.2, 0.25) is 0 Å². The van der Waals surface area contributed by atoms with Crippen LogP contribution in [0.5, 0.6) is 5.75 Å². The molecule has 0 unspecified atom stereocenters. The molecule has 0 heterocycles. The first kappa shape index (κ1) is 11.2. The van der Waals surface area contributed by atoms with Gasteiger partial charge in [-0.2, -0.15) is 0 Å². The summed E-state index contributed by atoms with van der Waals surface area (Å²) in [4.78, 5) is 10.3. The molecule has 0 bridgehead atoms. The van der Waals surface area contributed by atoms with Crippen molar-refractivity contribution in [3.8, 4) is 5.75 Å². The van der Waals surface area contributed by atoms with Gasteiger partial charge >= 0.3 is 0 Å². The number of carbonyl (C=O) groups excluding carboxylic acids is 1.